The number of hydrogen-bond donors (Lipinski definition) is 1. The summed E-state index contributed by atoms with van der Waals surface area (Å²) in [4.78, 5) is 29.1. The summed E-state index contributed by atoms with van der Waals surface area (Å²) in [5.74, 6) is 0.183. The van der Waals surface area contributed by atoms with Gasteiger partial charge in [-0.05, 0) is 87.1 Å². The second kappa shape index (κ2) is 11.3. The highest BCUT2D eigenvalue weighted by Gasteiger charge is 2.14. The van der Waals surface area contributed by atoms with Gasteiger partial charge in [-0.3, -0.25) is 9.59 Å². The van der Waals surface area contributed by atoms with Crippen LogP contribution in [0.4, 0.5) is 0 Å². The Morgan fingerprint density at radius 2 is 1.49 bits per heavy atom. The van der Waals surface area contributed by atoms with Crippen LogP contribution in [0.2, 0.25) is 0 Å². The maximum Gasteiger partial charge on any atom is 0.189 e. The van der Waals surface area contributed by atoms with Crippen LogP contribution in [0.15, 0.2) is 109 Å². The number of aldehydes is 1. The van der Waals surface area contributed by atoms with E-state index in [4.69, 9.17) is 0 Å². The lowest BCUT2D eigenvalue weighted by atomic mass is 9.95. The summed E-state index contributed by atoms with van der Waals surface area (Å²) < 4.78 is 0. The van der Waals surface area contributed by atoms with Crippen molar-refractivity contribution in [1.82, 2.24) is 4.98 Å². The van der Waals surface area contributed by atoms with Crippen LogP contribution in [0.1, 0.15) is 47.1 Å². The van der Waals surface area contributed by atoms with Gasteiger partial charge in [-0.25, -0.2) is 0 Å². The minimum Gasteiger partial charge on any atom is -0.361 e. The number of ketones is 1. The van der Waals surface area contributed by atoms with E-state index < -0.39 is 0 Å². The van der Waals surface area contributed by atoms with Gasteiger partial charge < -0.3 is 4.98 Å². The number of carbonyl (C=O) groups is 2. The van der Waals surface area contributed by atoms with E-state index in [1.54, 1.807) is 6.07 Å². The Morgan fingerprint density at radius 3 is 2.26 bits per heavy atom. The summed E-state index contributed by atoms with van der Waals surface area (Å²) >= 11 is 0. The van der Waals surface area contributed by atoms with Gasteiger partial charge in [0.2, 0.25) is 0 Å². The van der Waals surface area contributed by atoms with Gasteiger partial charge in [-0.2, -0.15) is 0 Å². The molecule has 0 aliphatic rings. The third-order valence-corrected chi connectivity index (χ3v) is 6.79. The molecule has 5 aromatic rings. The van der Waals surface area contributed by atoms with Crippen LogP contribution in [0.5, 0.6) is 0 Å². The van der Waals surface area contributed by atoms with Gasteiger partial charge in [0, 0.05) is 28.2 Å². The van der Waals surface area contributed by atoms with E-state index >= 15 is 0 Å². The van der Waals surface area contributed by atoms with E-state index in [0.29, 0.717) is 22.6 Å². The summed E-state index contributed by atoms with van der Waals surface area (Å²) in [5, 5.41) is 6.08. The Hall–Kier alpha value is -4.76. The first kappa shape index (κ1) is 25.9. The Bertz CT molecular complexity index is 1890. The molecule has 39 heavy (non-hydrogen) atoms. The van der Waals surface area contributed by atoms with Gasteiger partial charge in [-0.1, -0.05) is 86.7 Å². The molecule has 0 saturated heterocycles. The van der Waals surface area contributed by atoms with Crippen LogP contribution in [-0.4, -0.2) is 17.1 Å². The molecule has 2 bridgehead atoms. The summed E-state index contributed by atoms with van der Waals surface area (Å²) in [7, 11) is 0. The van der Waals surface area contributed by atoms with Crippen LogP contribution < -0.4 is 5.22 Å². The number of H-pyrrole nitrogens is 1. The minimum absolute atomic E-state index is 0.164. The second-order valence-electron chi connectivity index (χ2n) is 10.2. The van der Waals surface area contributed by atoms with Crippen LogP contribution in [0.25, 0.3) is 44.6 Å². The predicted molar refractivity (Wildman–Crippen MR) is 164 cm³/mol. The monoisotopic (exact) mass is 509 g/mol. The standard InChI is InChI=1S/C36H31NO2/c1-24(2)16-30-13-5-4-10-26-18-27(19-33(30)32-14-8-9-15-35(32)37-22-26)17-25(3)36(39)34-21-29-12-7-6-11-28(29)20-31(34)23-38/h4-24,37H,1-3H3/b10-4?,13-5?,25-17-,26-22?,27-18?,30-16+,33-19?. The normalized spacial score (nSPS) is 12.2. The van der Waals surface area contributed by atoms with Crippen molar-refractivity contribution in [2.75, 3.05) is 0 Å². The molecule has 192 valence electrons. The van der Waals surface area contributed by atoms with Gasteiger partial charge in [0.1, 0.15) is 0 Å². The fraction of sp³-hybridized carbons (Fsp3) is 0.111. The van der Waals surface area contributed by atoms with Crippen LogP contribution in [0, 0.1) is 5.92 Å². The minimum atomic E-state index is -0.164. The van der Waals surface area contributed by atoms with E-state index in [9.17, 15) is 9.59 Å². The third kappa shape index (κ3) is 5.73. The van der Waals surface area contributed by atoms with E-state index in [2.05, 4.69) is 61.3 Å². The fourth-order valence-electron chi connectivity index (χ4n) is 4.94. The molecule has 0 radical (unpaired) electrons. The van der Waals surface area contributed by atoms with Crippen molar-refractivity contribution in [1.29, 1.82) is 0 Å². The maximum atomic E-state index is 13.7. The molecule has 0 aliphatic carbocycles. The van der Waals surface area contributed by atoms with Crippen molar-refractivity contribution in [3.05, 3.63) is 131 Å². The quantitative estimate of drug-likeness (QED) is 0.147. The first-order valence-corrected chi connectivity index (χ1v) is 13.2. The van der Waals surface area contributed by atoms with Gasteiger partial charge in [-0.15, -0.1) is 0 Å². The molecule has 0 aliphatic heterocycles. The van der Waals surface area contributed by atoms with Gasteiger partial charge in [0.25, 0.3) is 0 Å². The third-order valence-electron chi connectivity index (χ3n) is 6.79. The maximum absolute atomic E-state index is 13.7. The van der Waals surface area contributed by atoms with Crippen molar-refractivity contribution in [2.24, 2.45) is 5.92 Å². The summed E-state index contributed by atoms with van der Waals surface area (Å²) in [5.41, 5.74) is 3.27. The number of aromatic amines is 1. The van der Waals surface area contributed by atoms with Crippen LogP contribution in [0.3, 0.4) is 0 Å². The average Bonchev–Trinajstić information content (AvgIpc) is 2.99. The van der Waals surface area contributed by atoms with Crippen molar-refractivity contribution >= 4 is 56.7 Å². The molecule has 0 atom stereocenters. The largest absolute Gasteiger partial charge is 0.361 e. The zero-order valence-corrected chi connectivity index (χ0v) is 22.4. The molecular weight excluding hydrogens is 478 g/mol. The van der Waals surface area contributed by atoms with Crippen molar-refractivity contribution < 1.29 is 9.59 Å². The van der Waals surface area contributed by atoms with Gasteiger partial charge in [0.05, 0.1) is 0 Å². The molecule has 5 rings (SSSR count). The molecule has 0 unspecified atom stereocenters. The first-order chi connectivity index (χ1) is 18.9. The molecule has 4 aromatic carbocycles. The molecular formula is C36H31NO2. The molecule has 0 fully saturated rings. The highest BCUT2D eigenvalue weighted by Crippen LogP contribution is 2.23. The number of fused-ring (bicyclic) bond motifs is 7. The zero-order chi connectivity index (χ0) is 27.4. The Morgan fingerprint density at radius 1 is 0.795 bits per heavy atom. The summed E-state index contributed by atoms with van der Waals surface area (Å²) in [6.07, 6.45) is 6.92. The lowest BCUT2D eigenvalue weighted by Crippen LogP contribution is -2.05. The number of benzene rings is 3. The zero-order valence-electron chi connectivity index (χ0n) is 22.4. The van der Waals surface area contributed by atoms with Crippen molar-refractivity contribution in [3.8, 4) is 0 Å². The number of rotatable bonds is 5. The molecule has 1 heterocycles. The van der Waals surface area contributed by atoms with Crippen molar-refractivity contribution in [3.63, 3.8) is 0 Å². The molecule has 3 nitrogen and oxygen atoms in total. The number of aromatic nitrogens is 1. The van der Waals surface area contributed by atoms with E-state index in [1.807, 2.05) is 73.8 Å². The number of allylic oxidation sites excluding steroid dienone is 1. The SMILES string of the molecule is C/C(=C/c1cc2cccc/c(=C\C(C)C)c(c1)c1ccccc1[nH]c2)C(=O)c1cc2ccccc2cc1C=O. The van der Waals surface area contributed by atoms with Crippen LogP contribution >= 0.6 is 0 Å². The lowest BCUT2D eigenvalue weighted by molar-refractivity contribution is 0.102. The molecule has 0 spiro atoms. The Labute approximate surface area is 228 Å². The summed E-state index contributed by atoms with van der Waals surface area (Å²) in [6.45, 7) is 6.15. The summed E-state index contributed by atoms with van der Waals surface area (Å²) in [6, 6.07) is 32.1. The second-order valence-corrected chi connectivity index (χ2v) is 10.2. The molecule has 1 aromatic heterocycles. The Kier molecular flexibility index (Phi) is 7.51. The van der Waals surface area contributed by atoms with E-state index in [0.717, 1.165) is 49.5 Å². The number of carbonyl (C=O) groups excluding carboxylic acids is 2. The van der Waals surface area contributed by atoms with Gasteiger partial charge >= 0.3 is 0 Å². The number of Topliss-reactive ketones (excluding diaryl/α,β-unsaturated/α-hetero) is 1. The smallest absolute Gasteiger partial charge is 0.189 e. The fourth-order valence-corrected chi connectivity index (χ4v) is 4.94. The average molecular weight is 510 g/mol. The van der Waals surface area contributed by atoms with Gasteiger partial charge in [0.15, 0.2) is 12.1 Å². The van der Waals surface area contributed by atoms with Crippen molar-refractivity contribution in [2.45, 2.75) is 20.8 Å². The molecule has 3 heteroatoms. The molecule has 1 N–H and O–H groups in total. The number of para-hydroxylation sites is 1. The first-order valence-electron chi connectivity index (χ1n) is 13.2. The highest BCUT2D eigenvalue weighted by molar-refractivity contribution is 6.16. The van der Waals surface area contributed by atoms with E-state index in [1.165, 1.54) is 0 Å². The van der Waals surface area contributed by atoms with Crippen LogP contribution in [-0.2, 0) is 0 Å². The molecule has 0 amide bonds. The number of hydrogen-bond acceptors (Lipinski definition) is 2. The van der Waals surface area contributed by atoms with E-state index in [-0.39, 0.29) is 5.78 Å². The molecule has 0 saturated carbocycles. The Balaban J connectivity index is 1.80. The lowest BCUT2D eigenvalue weighted by Gasteiger charge is -2.08. The highest BCUT2D eigenvalue weighted by atomic mass is 16.1. The topological polar surface area (TPSA) is 49.9 Å². The number of nitrogens with one attached hydrogen (secondary N) is 1. The predicted octanol–water partition coefficient (Wildman–Crippen LogP) is 8.42.